The Hall–Kier alpha value is -2.66. The molecule has 0 aliphatic heterocycles. The number of hydrogen-bond donors (Lipinski definition) is 2. The summed E-state index contributed by atoms with van der Waals surface area (Å²) in [6, 6.07) is 16.3. The second kappa shape index (κ2) is 8.84. The van der Waals surface area contributed by atoms with Gasteiger partial charge in [0.25, 0.3) is 0 Å². The second-order valence-corrected chi connectivity index (χ2v) is 5.48. The van der Waals surface area contributed by atoms with Gasteiger partial charge in [-0.3, -0.25) is 4.79 Å². The fourth-order valence-corrected chi connectivity index (χ4v) is 2.16. The van der Waals surface area contributed by atoms with E-state index in [1.54, 1.807) is 31.2 Å². The summed E-state index contributed by atoms with van der Waals surface area (Å²) in [5.74, 6) is -1.10. The molecular formula is C19H21NO4. The molecule has 2 aromatic carbocycles. The molecule has 2 aromatic rings. The van der Waals surface area contributed by atoms with E-state index in [4.69, 9.17) is 9.84 Å². The van der Waals surface area contributed by atoms with E-state index in [-0.39, 0.29) is 11.5 Å². The van der Waals surface area contributed by atoms with Gasteiger partial charge in [0.1, 0.15) is 6.10 Å². The summed E-state index contributed by atoms with van der Waals surface area (Å²) in [5.41, 5.74) is 2.25. The normalized spacial score (nSPS) is 11.7. The zero-order valence-electron chi connectivity index (χ0n) is 13.6. The van der Waals surface area contributed by atoms with Crippen molar-refractivity contribution in [2.24, 2.45) is 0 Å². The van der Waals surface area contributed by atoms with E-state index < -0.39 is 12.1 Å². The smallest absolute Gasteiger partial charge is 0.335 e. The van der Waals surface area contributed by atoms with Gasteiger partial charge in [-0.05, 0) is 36.6 Å². The lowest BCUT2D eigenvalue weighted by molar-refractivity contribution is -0.132. The lowest BCUT2D eigenvalue weighted by Gasteiger charge is -2.13. The molecule has 0 heterocycles. The number of aromatic carboxylic acids is 1. The first-order chi connectivity index (χ1) is 11.6. The van der Waals surface area contributed by atoms with Crippen LogP contribution in [0.25, 0.3) is 0 Å². The van der Waals surface area contributed by atoms with Gasteiger partial charge in [0.05, 0.1) is 12.2 Å². The third-order valence-electron chi connectivity index (χ3n) is 3.63. The van der Waals surface area contributed by atoms with Gasteiger partial charge in [0, 0.05) is 6.54 Å². The highest BCUT2D eigenvalue weighted by Crippen LogP contribution is 2.06. The molecule has 0 saturated heterocycles. The number of benzene rings is 2. The van der Waals surface area contributed by atoms with Crippen molar-refractivity contribution in [3.05, 3.63) is 71.3 Å². The van der Waals surface area contributed by atoms with Crippen molar-refractivity contribution in [3.63, 3.8) is 0 Å². The molecule has 2 N–H and O–H groups in total. The summed E-state index contributed by atoms with van der Waals surface area (Å²) in [5, 5.41) is 11.7. The Labute approximate surface area is 141 Å². The molecule has 0 aromatic heterocycles. The summed E-state index contributed by atoms with van der Waals surface area (Å²) in [7, 11) is 0. The van der Waals surface area contributed by atoms with E-state index >= 15 is 0 Å². The average Bonchev–Trinajstić information content (AvgIpc) is 2.61. The third-order valence-corrected chi connectivity index (χ3v) is 3.63. The molecule has 0 bridgehead atoms. The van der Waals surface area contributed by atoms with Crippen molar-refractivity contribution in [2.75, 3.05) is 6.54 Å². The largest absolute Gasteiger partial charge is 0.478 e. The number of amides is 1. The minimum absolute atomic E-state index is 0.159. The van der Waals surface area contributed by atoms with Crippen LogP contribution in [0.5, 0.6) is 0 Å². The summed E-state index contributed by atoms with van der Waals surface area (Å²) < 4.78 is 5.56. The van der Waals surface area contributed by atoms with Crippen molar-refractivity contribution in [2.45, 2.75) is 26.1 Å². The van der Waals surface area contributed by atoms with Crippen molar-refractivity contribution in [3.8, 4) is 0 Å². The van der Waals surface area contributed by atoms with E-state index in [1.807, 2.05) is 30.3 Å². The predicted octanol–water partition coefficient (Wildman–Crippen LogP) is 2.65. The molecule has 1 amide bonds. The Balaban J connectivity index is 1.71. The van der Waals surface area contributed by atoms with Crippen LogP contribution in [0.2, 0.25) is 0 Å². The minimum atomic E-state index is -0.945. The molecule has 5 heteroatoms. The lowest BCUT2D eigenvalue weighted by Crippen LogP contribution is -2.35. The maximum atomic E-state index is 12.0. The Kier molecular flexibility index (Phi) is 6.51. The first kappa shape index (κ1) is 17.7. The molecule has 0 radical (unpaired) electrons. The van der Waals surface area contributed by atoms with Crippen LogP contribution in [0.4, 0.5) is 0 Å². The molecule has 0 aliphatic rings. The summed E-state index contributed by atoms with van der Waals surface area (Å²) in [6.07, 6.45) is 0.108. The van der Waals surface area contributed by atoms with Crippen LogP contribution in [0, 0.1) is 0 Å². The highest BCUT2D eigenvalue weighted by molar-refractivity contribution is 5.87. The molecule has 24 heavy (non-hydrogen) atoms. The maximum Gasteiger partial charge on any atom is 0.335 e. The van der Waals surface area contributed by atoms with Crippen LogP contribution in [-0.2, 0) is 22.6 Å². The van der Waals surface area contributed by atoms with E-state index in [9.17, 15) is 9.59 Å². The zero-order chi connectivity index (χ0) is 17.4. The fourth-order valence-electron chi connectivity index (χ4n) is 2.16. The van der Waals surface area contributed by atoms with E-state index in [0.717, 1.165) is 11.1 Å². The molecule has 0 aliphatic carbocycles. The van der Waals surface area contributed by atoms with Gasteiger partial charge in [-0.1, -0.05) is 42.5 Å². The number of carboxylic acid groups (broad SMARTS) is 1. The van der Waals surface area contributed by atoms with Crippen molar-refractivity contribution >= 4 is 11.9 Å². The number of carbonyl (C=O) groups excluding carboxylic acids is 1. The number of carbonyl (C=O) groups is 2. The highest BCUT2D eigenvalue weighted by atomic mass is 16.5. The Bertz CT molecular complexity index is 668. The molecule has 1 atom stereocenters. The van der Waals surface area contributed by atoms with Gasteiger partial charge >= 0.3 is 5.97 Å². The molecule has 126 valence electrons. The van der Waals surface area contributed by atoms with Crippen molar-refractivity contribution < 1.29 is 19.4 Å². The van der Waals surface area contributed by atoms with Crippen LogP contribution >= 0.6 is 0 Å². The molecule has 5 nitrogen and oxygen atoms in total. The van der Waals surface area contributed by atoms with Gasteiger partial charge in [0.15, 0.2) is 0 Å². The van der Waals surface area contributed by atoms with Gasteiger partial charge in [0.2, 0.25) is 5.91 Å². The van der Waals surface area contributed by atoms with Crippen LogP contribution < -0.4 is 5.32 Å². The Morgan fingerprint density at radius 2 is 1.71 bits per heavy atom. The SMILES string of the molecule is C[C@@H](OCc1ccccc1)C(=O)NCCc1ccc(C(=O)O)cc1. The summed E-state index contributed by atoms with van der Waals surface area (Å²) in [4.78, 5) is 22.8. The highest BCUT2D eigenvalue weighted by Gasteiger charge is 2.12. The minimum Gasteiger partial charge on any atom is -0.478 e. The number of nitrogens with one attached hydrogen (secondary N) is 1. The standard InChI is InChI=1S/C19H21NO4/c1-14(24-13-16-5-3-2-4-6-16)18(21)20-12-11-15-7-9-17(10-8-15)19(22)23/h2-10,14H,11-13H2,1H3,(H,20,21)(H,22,23)/t14-/m1/s1. The Morgan fingerprint density at radius 1 is 1.04 bits per heavy atom. The van der Waals surface area contributed by atoms with Crippen LogP contribution in [0.1, 0.15) is 28.4 Å². The van der Waals surface area contributed by atoms with Gasteiger partial charge in [-0.15, -0.1) is 0 Å². The second-order valence-electron chi connectivity index (χ2n) is 5.48. The molecule has 0 unspecified atom stereocenters. The van der Waals surface area contributed by atoms with Crippen molar-refractivity contribution in [1.29, 1.82) is 0 Å². The summed E-state index contributed by atoms with van der Waals surface area (Å²) >= 11 is 0. The first-order valence-corrected chi connectivity index (χ1v) is 7.81. The van der Waals surface area contributed by atoms with E-state index in [2.05, 4.69) is 5.32 Å². The lowest BCUT2D eigenvalue weighted by atomic mass is 10.1. The molecule has 0 spiro atoms. The van der Waals surface area contributed by atoms with Crippen LogP contribution in [-0.4, -0.2) is 29.6 Å². The topological polar surface area (TPSA) is 75.6 Å². The average molecular weight is 327 g/mol. The van der Waals surface area contributed by atoms with E-state index in [1.165, 1.54) is 0 Å². The summed E-state index contributed by atoms with van der Waals surface area (Å²) in [6.45, 7) is 2.59. The van der Waals surface area contributed by atoms with Gasteiger partial charge in [-0.25, -0.2) is 4.79 Å². The Morgan fingerprint density at radius 3 is 2.33 bits per heavy atom. The van der Waals surface area contributed by atoms with Crippen LogP contribution in [0.15, 0.2) is 54.6 Å². The first-order valence-electron chi connectivity index (χ1n) is 7.81. The maximum absolute atomic E-state index is 12.0. The van der Waals surface area contributed by atoms with Crippen LogP contribution in [0.3, 0.4) is 0 Å². The van der Waals surface area contributed by atoms with Crippen molar-refractivity contribution in [1.82, 2.24) is 5.32 Å². The van der Waals surface area contributed by atoms with E-state index in [0.29, 0.717) is 19.6 Å². The number of rotatable bonds is 8. The molecule has 0 saturated carbocycles. The zero-order valence-corrected chi connectivity index (χ0v) is 13.6. The number of carboxylic acids is 1. The molecular weight excluding hydrogens is 306 g/mol. The molecule has 0 fully saturated rings. The number of hydrogen-bond acceptors (Lipinski definition) is 3. The van der Waals surface area contributed by atoms with Gasteiger partial charge < -0.3 is 15.2 Å². The third kappa shape index (κ3) is 5.52. The fraction of sp³-hybridized carbons (Fsp3) is 0.263. The quantitative estimate of drug-likeness (QED) is 0.781. The monoisotopic (exact) mass is 327 g/mol. The van der Waals surface area contributed by atoms with Gasteiger partial charge in [-0.2, -0.15) is 0 Å². The predicted molar refractivity (Wildman–Crippen MR) is 90.8 cm³/mol. The molecule has 2 rings (SSSR count). The number of ether oxygens (including phenoxy) is 1.